The van der Waals surface area contributed by atoms with Gasteiger partial charge < -0.3 is 4.74 Å². The number of nitrogens with zero attached hydrogens (tertiary/aromatic N) is 2. The van der Waals surface area contributed by atoms with Crippen molar-refractivity contribution in [1.82, 2.24) is 9.89 Å². The van der Waals surface area contributed by atoms with E-state index in [0.29, 0.717) is 11.3 Å². The van der Waals surface area contributed by atoms with Crippen molar-refractivity contribution in [3.63, 3.8) is 0 Å². The average Bonchev–Trinajstić information content (AvgIpc) is 3.37. The van der Waals surface area contributed by atoms with Crippen LogP contribution in [0.2, 0.25) is 0 Å². The molecule has 7 nitrogen and oxygen atoms in total. The Morgan fingerprint density at radius 1 is 1.03 bits per heavy atom. The van der Waals surface area contributed by atoms with E-state index in [0.717, 1.165) is 22.0 Å². The second-order valence-electron chi connectivity index (χ2n) is 7.99. The molecule has 0 aliphatic carbocycles. The number of hydrogen-bond donors (Lipinski definition) is 2. The zero-order valence-corrected chi connectivity index (χ0v) is 18.2. The lowest BCUT2D eigenvalue weighted by molar-refractivity contribution is 0.0635. The number of thiophene rings is 1. The van der Waals surface area contributed by atoms with Gasteiger partial charge in [-0.1, -0.05) is 24.3 Å². The lowest BCUT2D eigenvalue weighted by Gasteiger charge is -2.19. The lowest BCUT2D eigenvalue weighted by Crippen LogP contribution is -2.27. The number of aromatic nitrogens is 2. The van der Waals surface area contributed by atoms with E-state index in [-0.39, 0.29) is 5.91 Å². The molecule has 4 aromatic rings. The molecule has 0 saturated heterocycles. The van der Waals surface area contributed by atoms with Crippen LogP contribution in [0.1, 0.15) is 31.1 Å². The van der Waals surface area contributed by atoms with Gasteiger partial charge in [0.15, 0.2) is 0 Å². The van der Waals surface area contributed by atoms with E-state index in [1.165, 1.54) is 16.1 Å². The van der Waals surface area contributed by atoms with Crippen LogP contribution in [0, 0.1) is 0 Å². The molecule has 0 radical (unpaired) electrons. The van der Waals surface area contributed by atoms with Gasteiger partial charge in [0.25, 0.3) is 5.91 Å². The first-order valence-corrected chi connectivity index (χ1v) is 10.6. The molecule has 0 bridgehead atoms. The molecule has 0 aliphatic rings. The van der Waals surface area contributed by atoms with Gasteiger partial charge in [0, 0.05) is 16.5 Å². The standard InChI is InChI=1S/C23H22N4O3S/c1-23(2,3)30-22(29)25-19-8-6-15(7-9-19)16-4-5-17-13-24-27(20(17)12-16)26-21(28)18-10-11-31-14-18/h4-14H,1-3H3,(H,25,29)(H,26,28). The van der Waals surface area contributed by atoms with E-state index >= 15 is 0 Å². The largest absolute Gasteiger partial charge is 0.444 e. The third-order valence-electron chi connectivity index (χ3n) is 4.43. The van der Waals surface area contributed by atoms with E-state index < -0.39 is 11.7 Å². The number of rotatable bonds is 4. The maximum atomic E-state index is 12.4. The molecule has 0 fully saturated rings. The SMILES string of the molecule is CC(C)(C)OC(=O)Nc1ccc(-c2ccc3cnn(NC(=O)c4ccsc4)c3c2)cc1. The number of fused-ring (bicyclic) bond motifs is 1. The highest BCUT2D eigenvalue weighted by Gasteiger charge is 2.16. The quantitative estimate of drug-likeness (QED) is 0.444. The van der Waals surface area contributed by atoms with Gasteiger partial charge in [-0.15, -0.1) is 0 Å². The summed E-state index contributed by atoms with van der Waals surface area (Å²) in [4.78, 5) is 25.8. The Morgan fingerprint density at radius 3 is 2.45 bits per heavy atom. The van der Waals surface area contributed by atoms with Crippen molar-refractivity contribution in [2.45, 2.75) is 26.4 Å². The molecule has 31 heavy (non-hydrogen) atoms. The van der Waals surface area contributed by atoms with Crippen molar-refractivity contribution in [3.8, 4) is 11.1 Å². The maximum Gasteiger partial charge on any atom is 0.412 e. The first kappa shape index (κ1) is 20.6. The zero-order chi connectivity index (χ0) is 22.0. The van der Waals surface area contributed by atoms with Crippen molar-refractivity contribution < 1.29 is 14.3 Å². The molecular weight excluding hydrogens is 412 g/mol. The fourth-order valence-corrected chi connectivity index (χ4v) is 3.64. The van der Waals surface area contributed by atoms with Crippen LogP contribution in [0.3, 0.4) is 0 Å². The number of benzene rings is 2. The van der Waals surface area contributed by atoms with E-state index in [4.69, 9.17) is 4.74 Å². The molecule has 4 rings (SSSR count). The van der Waals surface area contributed by atoms with Crippen molar-refractivity contribution in [3.05, 3.63) is 71.1 Å². The fourth-order valence-electron chi connectivity index (χ4n) is 3.01. The van der Waals surface area contributed by atoms with E-state index in [9.17, 15) is 9.59 Å². The molecule has 0 spiro atoms. The summed E-state index contributed by atoms with van der Waals surface area (Å²) in [5.74, 6) is -0.214. The van der Waals surface area contributed by atoms with Gasteiger partial charge >= 0.3 is 6.09 Å². The molecule has 2 aromatic carbocycles. The number of hydrogen-bond acceptors (Lipinski definition) is 5. The zero-order valence-electron chi connectivity index (χ0n) is 17.4. The van der Waals surface area contributed by atoms with Gasteiger partial charge in [0.05, 0.1) is 17.3 Å². The van der Waals surface area contributed by atoms with E-state index in [1.807, 2.05) is 68.6 Å². The van der Waals surface area contributed by atoms with Gasteiger partial charge in [-0.05, 0) is 61.5 Å². The van der Waals surface area contributed by atoms with E-state index in [1.54, 1.807) is 17.6 Å². The molecule has 0 saturated carbocycles. The van der Waals surface area contributed by atoms with Gasteiger partial charge in [-0.25, -0.2) is 10.2 Å². The highest BCUT2D eigenvalue weighted by molar-refractivity contribution is 7.08. The molecule has 8 heteroatoms. The molecule has 2 amide bonds. The Balaban J connectivity index is 1.53. The van der Waals surface area contributed by atoms with Crippen molar-refractivity contribution in [1.29, 1.82) is 0 Å². The van der Waals surface area contributed by atoms with E-state index in [2.05, 4.69) is 15.8 Å². The van der Waals surface area contributed by atoms with Crippen LogP contribution < -0.4 is 10.7 Å². The second-order valence-corrected chi connectivity index (χ2v) is 8.77. The highest BCUT2D eigenvalue weighted by atomic mass is 32.1. The summed E-state index contributed by atoms with van der Waals surface area (Å²) in [6.45, 7) is 5.46. The summed E-state index contributed by atoms with van der Waals surface area (Å²) >= 11 is 1.47. The highest BCUT2D eigenvalue weighted by Crippen LogP contribution is 2.26. The van der Waals surface area contributed by atoms with Crippen LogP contribution in [0.4, 0.5) is 10.5 Å². The number of carbonyl (C=O) groups excluding carboxylic acids is 2. The van der Waals surface area contributed by atoms with Crippen LogP contribution in [-0.4, -0.2) is 27.5 Å². The molecule has 0 unspecified atom stereocenters. The number of amides is 2. The third-order valence-corrected chi connectivity index (χ3v) is 5.11. The minimum absolute atomic E-state index is 0.214. The molecule has 0 aliphatic heterocycles. The van der Waals surface area contributed by atoms with Crippen molar-refractivity contribution in [2.24, 2.45) is 0 Å². The first-order valence-electron chi connectivity index (χ1n) is 9.70. The number of carbonyl (C=O) groups is 2. The molecule has 2 N–H and O–H groups in total. The fraction of sp³-hybridized carbons (Fsp3) is 0.174. The van der Waals surface area contributed by atoms with Crippen LogP contribution in [0.25, 0.3) is 22.0 Å². The van der Waals surface area contributed by atoms with Crippen molar-refractivity contribution >= 4 is 39.9 Å². The van der Waals surface area contributed by atoms with Gasteiger partial charge in [0.2, 0.25) is 0 Å². The lowest BCUT2D eigenvalue weighted by atomic mass is 10.0. The molecule has 158 valence electrons. The minimum Gasteiger partial charge on any atom is -0.444 e. The summed E-state index contributed by atoms with van der Waals surface area (Å²) < 4.78 is 5.27. The summed E-state index contributed by atoms with van der Waals surface area (Å²) in [7, 11) is 0. The normalized spacial score (nSPS) is 11.3. The average molecular weight is 435 g/mol. The van der Waals surface area contributed by atoms with Crippen LogP contribution in [-0.2, 0) is 4.74 Å². The monoisotopic (exact) mass is 434 g/mol. The predicted molar refractivity (Wildman–Crippen MR) is 123 cm³/mol. The smallest absolute Gasteiger partial charge is 0.412 e. The summed E-state index contributed by atoms with van der Waals surface area (Å²) in [6, 6.07) is 15.1. The predicted octanol–water partition coefficient (Wildman–Crippen LogP) is 5.50. The van der Waals surface area contributed by atoms with Gasteiger partial charge in [-0.2, -0.15) is 21.2 Å². The second kappa shape index (κ2) is 8.23. The summed E-state index contributed by atoms with van der Waals surface area (Å²) in [6.07, 6.45) is 1.22. The van der Waals surface area contributed by atoms with Crippen LogP contribution in [0.5, 0.6) is 0 Å². The Kier molecular flexibility index (Phi) is 5.48. The van der Waals surface area contributed by atoms with Crippen LogP contribution >= 0.6 is 11.3 Å². The molecule has 2 aromatic heterocycles. The molecule has 0 atom stereocenters. The Labute approximate surface area is 183 Å². The summed E-state index contributed by atoms with van der Waals surface area (Å²) in [5, 5.41) is 11.6. The van der Waals surface area contributed by atoms with Crippen LogP contribution in [0.15, 0.2) is 65.5 Å². The Morgan fingerprint density at radius 2 is 1.77 bits per heavy atom. The Bertz CT molecular complexity index is 1220. The van der Waals surface area contributed by atoms with Gasteiger partial charge in [0.1, 0.15) is 5.60 Å². The number of anilines is 1. The van der Waals surface area contributed by atoms with Gasteiger partial charge in [-0.3, -0.25) is 10.1 Å². The van der Waals surface area contributed by atoms with Crippen molar-refractivity contribution in [2.75, 3.05) is 10.7 Å². The third kappa shape index (κ3) is 4.92. The Hall–Kier alpha value is -3.65. The maximum absolute atomic E-state index is 12.4. The number of nitrogens with one attached hydrogen (secondary N) is 2. The first-order chi connectivity index (χ1) is 14.8. The minimum atomic E-state index is -0.554. The topological polar surface area (TPSA) is 85.2 Å². The molecular formula is C23H22N4O3S. The molecule has 2 heterocycles. The number of ether oxygens (including phenoxy) is 1. The summed E-state index contributed by atoms with van der Waals surface area (Å²) in [5.41, 5.74) is 6.21.